The maximum absolute atomic E-state index is 12.9. The topological polar surface area (TPSA) is 194 Å². The average Bonchev–Trinajstić information content (AvgIpc) is 3.27. The Kier molecular flexibility index (Phi) is 12.3. The molecule has 0 saturated heterocycles. The zero-order chi connectivity index (χ0) is 34.2. The maximum atomic E-state index is 12.9. The van der Waals surface area contributed by atoms with Crippen molar-refractivity contribution >= 4 is 52.1 Å². The van der Waals surface area contributed by atoms with Gasteiger partial charge in [-0.1, -0.05) is 44.2 Å². The number of hydrogen-bond donors (Lipinski definition) is 5. The molecular weight excluding hydrogens is 602 g/mol. The summed E-state index contributed by atoms with van der Waals surface area (Å²) in [4.78, 5) is 67.3. The molecule has 15 heteroatoms. The van der Waals surface area contributed by atoms with Crippen molar-refractivity contribution in [2.45, 2.75) is 79.2 Å². The van der Waals surface area contributed by atoms with Crippen LogP contribution in [-0.2, 0) is 31.9 Å². The number of aromatic nitrogens is 1. The fourth-order valence-electron chi connectivity index (χ4n) is 3.87. The summed E-state index contributed by atoms with van der Waals surface area (Å²) in [6, 6.07) is 7.10. The summed E-state index contributed by atoms with van der Waals surface area (Å²) in [5, 5.41) is 11.4. The van der Waals surface area contributed by atoms with Crippen LogP contribution >= 0.6 is 11.3 Å². The summed E-state index contributed by atoms with van der Waals surface area (Å²) >= 11 is 1.06. The molecule has 2 aromatic rings. The molecule has 0 aliphatic heterocycles. The van der Waals surface area contributed by atoms with Crippen LogP contribution in [0.3, 0.4) is 0 Å². The van der Waals surface area contributed by atoms with Gasteiger partial charge in [0.05, 0.1) is 11.1 Å². The Morgan fingerprint density at radius 1 is 0.956 bits per heavy atom. The summed E-state index contributed by atoms with van der Waals surface area (Å²) < 4.78 is 11.1. The average molecular weight is 648 g/mol. The number of ether oxygens (including phenoxy) is 2. The Hall–Kier alpha value is -4.40. The number of nitrogens with two attached hydrogens (primary N) is 1. The van der Waals surface area contributed by atoms with Gasteiger partial charge in [-0.15, -0.1) is 0 Å². The number of anilines is 2. The molecule has 1 atom stereocenters. The van der Waals surface area contributed by atoms with Crippen molar-refractivity contribution in [1.82, 2.24) is 20.5 Å². The first-order valence-corrected chi connectivity index (χ1v) is 15.2. The van der Waals surface area contributed by atoms with E-state index >= 15 is 0 Å². The van der Waals surface area contributed by atoms with Crippen LogP contribution in [0.1, 0.15) is 75.8 Å². The number of amides is 5. The number of primary amides is 1. The van der Waals surface area contributed by atoms with Gasteiger partial charge in [0.1, 0.15) is 4.88 Å². The van der Waals surface area contributed by atoms with Gasteiger partial charge >= 0.3 is 18.1 Å². The van der Waals surface area contributed by atoms with Gasteiger partial charge in [0, 0.05) is 45.2 Å². The van der Waals surface area contributed by atoms with Crippen LogP contribution in [-0.4, -0.2) is 71.9 Å². The van der Waals surface area contributed by atoms with Gasteiger partial charge in [-0.2, -0.15) is 0 Å². The van der Waals surface area contributed by atoms with Gasteiger partial charge in [0.25, 0.3) is 5.91 Å². The lowest BCUT2D eigenvalue weighted by Gasteiger charge is -2.42. The number of carbonyl (C=O) groups excluding carboxylic acids is 5. The van der Waals surface area contributed by atoms with E-state index in [-0.39, 0.29) is 30.7 Å². The van der Waals surface area contributed by atoms with Crippen LogP contribution in [0.4, 0.5) is 20.4 Å². The van der Waals surface area contributed by atoms with Crippen molar-refractivity contribution in [2.24, 2.45) is 11.1 Å². The number of hydrogen-bond acceptors (Lipinski definition) is 10. The van der Waals surface area contributed by atoms with E-state index in [0.717, 1.165) is 16.9 Å². The van der Waals surface area contributed by atoms with Crippen molar-refractivity contribution in [3.05, 3.63) is 40.4 Å². The van der Waals surface area contributed by atoms with E-state index in [1.165, 1.54) is 11.8 Å². The Bertz CT molecular complexity index is 1380. The van der Waals surface area contributed by atoms with Crippen molar-refractivity contribution in [3.63, 3.8) is 0 Å². The quantitative estimate of drug-likeness (QED) is 0.213. The van der Waals surface area contributed by atoms with Gasteiger partial charge in [0.15, 0.2) is 5.13 Å². The lowest BCUT2D eigenvalue weighted by atomic mass is 9.90. The van der Waals surface area contributed by atoms with Crippen LogP contribution in [0.15, 0.2) is 24.3 Å². The molecule has 5 amide bonds. The second-order valence-electron chi connectivity index (χ2n) is 12.6. The molecular formula is C30H45N7O7S. The van der Waals surface area contributed by atoms with E-state index < -0.39 is 29.1 Å². The Labute approximate surface area is 267 Å². The predicted octanol–water partition coefficient (Wildman–Crippen LogP) is 3.83. The zero-order valence-electron chi connectivity index (χ0n) is 27.4. The number of nitrogens with one attached hydrogen (secondary N) is 4. The van der Waals surface area contributed by atoms with Gasteiger partial charge in [-0.3, -0.25) is 14.4 Å². The largest absolute Gasteiger partial charge is 0.412 e. The molecule has 1 unspecified atom stereocenters. The van der Waals surface area contributed by atoms with Gasteiger partial charge in [-0.05, 0) is 51.3 Å². The fraction of sp³-hybridized carbons (Fsp3) is 0.533. The van der Waals surface area contributed by atoms with E-state index in [9.17, 15) is 24.0 Å². The third-order valence-corrected chi connectivity index (χ3v) is 7.18. The van der Waals surface area contributed by atoms with Crippen LogP contribution in [0.2, 0.25) is 0 Å². The van der Waals surface area contributed by atoms with Crippen LogP contribution < -0.4 is 27.0 Å². The molecule has 6 N–H and O–H groups in total. The van der Waals surface area contributed by atoms with Crippen LogP contribution in [0.25, 0.3) is 0 Å². The smallest absolute Gasteiger partial charge is 0.387 e. The number of nitrogens with zero attached hydrogens (tertiary/aromatic N) is 2. The highest BCUT2D eigenvalue weighted by Gasteiger charge is 2.50. The summed E-state index contributed by atoms with van der Waals surface area (Å²) in [7, 11) is 3.29. The molecule has 0 bridgehead atoms. The summed E-state index contributed by atoms with van der Waals surface area (Å²) in [5.74, 6) is -2.75. The van der Waals surface area contributed by atoms with E-state index in [2.05, 4.69) is 26.3 Å². The van der Waals surface area contributed by atoms with E-state index in [0.29, 0.717) is 34.2 Å². The van der Waals surface area contributed by atoms with Crippen molar-refractivity contribution in [1.29, 1.82) is 0 Å². The van der Waals surface area contributed by atoms with E-state index in [4.69, 9.17) is 15.2 Å². The molecule has 14 nitrogen and oxygen atoms in total. The van der Waals surface area contributed by atoms with Crippen LogP contribution in [0.5, 0.6) is 0 Å². The van der Waals surface area contributed by atoms with Crippen LogP contribution in [0, 0.1) is 5.41 Å². The van der Waals surface area contributed by atoms with Crippen molar-refractivity contribution < 1.29 is 33.4 Å². The predicted molar refractivity (Wildman–Crippen MR) is 172 cm³/mol. The number of aryl methyl sites for hydroxylation is 2. The molecule has 0 spiro atoms. The summed E-state index contributed by atoms with van der Waals surface area (Å²) in [6.45, 7) is 12.0. The maximum Gasteiger partial charge on any atom is 0.412 e. The molecule has 0 fully saturated rings. The first-order valence-electron chi connectivity index (χ1n) is 14.3. The molecule has 1 aromatic carbocycles. The highest BCUT2D eigenvalue weighted by atomic mass is 32.1. The minimum Gasteiger partial charge on any atom is -0.387 e. The lowest BCUT2D eigenvalue weighted by Crippen LogP contribution is -2.59. The molecule has 2 rings (SSSR count). The zero-order valence-corrected chi connectivity index (χ0v) is 28.2. The van der Waals surface area contributed by atoms with Gasteiger partial charge in [0.2, 0.25) is 11.8 Å². The number of rotatable bonds is 12. The Morgan fingerprint density at radius 3 is 2.09 bits per heavy atom. The molecule has 0 aliphatic rings. The third-order valence-electron chi connectivity index (χ3n) is 6.17. The van der Waals surface area contributed by atoms with Crippen molar-refractivity contribution in [2.75, 3.05) is 31.3 Å². The number of carbonyl (C=O) groups is 5. The first-order chi connectivity index (χ1) is 20.7. The molecule has 0 aliphatic carbocycles. The second kappa shape index (κ2) is 15.1. The number of benzene rings is 1. The number of alkyl carbamates (subject to hydrolysis) is 1. The van der Waals surface area contributed by atoms with Crippen molar-refractivity contribution in [3.8, 4) is 0 Å². The normalized spacial score (nSPS) is 12.7. The summed E-state index contributed by atoms with van der Waals surface area (Å²) in [6.07, 6.45) is -0.915. The van der Waals surface area contributed by atoms with E-state index in [1.54, 1.807) is 67.8 Å². The molecule has 1 aromatic heterocycles. The minimum atomic E-state index is -1.95. The Morgan fingerprint density at radius 2 is 1.58 bits per heavy atom. The minimum absolute atomic E-state index is 0.114. The fourth-order valence-corrected chi connectivity index (χ4v) is 4.84. The highest BCUT2D eigenvalue weighted by molar-refractivity contribution is 7.17. The Balaban J connectivity index is 2.24. The second-order valence-corrected chi connectivity index (χ2v) is 13.6. The molecule has 0 saturated carbocycles. The number of thiazole rings is 1. The molecule has 45 heavy (non-hydrogen) atoms. The first kappa shape index (κ1) is 36.8. The molecule has 0 radical (unpaired) electrons. The van der Waals surface area contributed by atoms with Gasteiger partial charge in [-0.25, -0.2) is 14.6 Å². The molecule has 248 valence electrons. The highest BCUT2D eigenvalue weighted by Crippen LogP contribution is 2.37. The molecule has 1 heterocycles. The SMILES string of the molecule is CC(=O)Nc1nc(CCc2ccc(NC(OC(N)=O)(OC(=O)NC(C)(C)C)C(C)(C)C)cc2)c(C(=O)NCCC(=O)N(C)C)s1. The van der Waals surface area contributed by atoms with E-state index in [1.807, 2.05) is 12.1 Å². The van der Waals surface area contributed by atoms with Gasteiger partial charge < -0.3 is 41.4 Å². The summed E-state index contributed by atoms with van der Waals surface area (Å²) in [5.41, 5.74) is 5.68. The third kappa shape index (κ3) is 11.6. The lowest BCUT2D eigenvalue weighted by molar-refractivity contribution is -0.202. The standard InChI is InChI=1S/C30H45N7O7S/c1-18(38)33-26-34-21(23(45-26)24(40)32-17-16-22(39)37(8)9)15-12-19-10-13-20(14-11-19)35-30(28(2,3)4,43-25(31)41)44-27(42)36-29(5,6)7/h10-11,13-14,35H,12,15-17H2,1-9H3,(H2,31,41)(H,32,40)(H,36,42)(H,33,34,38). The monoisotopic (exact) mass is 647 g/mol.